The molecule has 0 radical (unpaired) electrons. The molecule has 24 heavy (non-hydrogen) atoms. The van der Waals surface area contributed by atoms with Crippen LogP contribution in [0.25, 0.3) is 11.1 Å². The fourth-order valence-electron chi connectivity index (χ4n) is 3.47. The highest BCUT2D eigenvalue weighted by Crippen LogP contribution is 2.44. The minimum Gasteiger partial charge on any atom is -0.493 e. The molecule has 0 aromatic heterocycles. The first kappa shape index (κ1) is 18.7. The molecule has 2 rings (SSSR count). The summed E-state index contributed by atoms with van der Waals surface area (Å²) in [5.41, 5.74) is 5.07. The van der Waals surface area contributed by atoms with E-state index in [1.54, 1.807) is 0 Å². The number of aliphatic hydroxyl groups excluding tert-OH is 1. The van der Waals surface area contributed by atoms with Crippen LogP contribution >= 0.6 is 0 Å². The first-order chi connectivity index (χ1) is 11.4. The third-order valence-corrected chi connectivity index (χ3v) is 4.88. The average Bonchev–Trinajstić information content (AvgIpc) is 2.56. The van der Waals surface area contributed by atoms with Crippen LogP contribution in [-0.2, 0) is 5.41 Å². The van der Waals surface area contributed by atoms with Gasteiger partial charge in [0.05, 0.1) is 13.2 Å². The summed E-state index contributed by atoms with van der Waals surface area (Å²) in [6.45, 7) is 10.4. The monoisotopic (exact) mass is 332 g/mol. The molecule has 0 saturated carbocycles. The molecule has 0 saturated heterocycles. The Kier molecular flexibility index (Phi) is 5.87. The Balaban J connectivity index is 2.76. The van der Waals surface area contributed by atoms with Crippen molar-refractivity contribution in [3.05, 3.63) is 40.7 Å². The third-order valence-electron chi connectivity index (χ3n) is 4.88. The van der Waals surface area contributed by atoms with Crippen molar-refractivity contribution >= 4 is 11.1 Å². The molecule has 1 aliphatic rings. The van der Waals surface area contributed by atoms with Gasteiger partial charge in [-0.1, -0.05) is 33.8 Å². The van der Waals surface area contributed by atoms with E-state index in [1.807, 2.05) is 13.8 Å². The zero-order valence-electron chi connectivity index (χ0n) is 15.5. The minimum atomic E-state index is -0.576. The number of aliphatic hydroxyl groups is 1. The van der Waals surface area contributed by atoms with Crippen LogP contribution in [-0.4, -0.2) is 18.3 Å². The van der Waals surface area contributed by atoms with Gasteiger partial charge < -0.3 is 9.84 Å². The fourth-order valence-corrected chi connectivity index (χ4v) is 3.47. The molecule has 0 aliphatic heterocycles. The van der Waals surface area contributed by atoms with Gasteiger partial charge >= 0.3 is 0 Å². The minimum absolute atomic E-state index is 0.0317. The zero-order chi connectivity index (χ0) is 17.9. The maximum absolute atomic E-state index is 14.2. The van der Waals surface area contributed by atoms with Crippen molar-refractivity contribution in [1.29, 1.82) is 0 Å². The lowest BCUT2D eigenvalue weighted by atomic mass is 9.72. The van der Waals surface area contributed by atoms with Crippen molar-refractivity contribution in [1.82, 2.24) is 0 Å². The molecule has 1 aromatic carbocycles. The molecule has 1 aliphatic carbocycles. The van der Waals surface area contributed by atoms with Crippen LogP contribution in [0.2, 0.25) is 0 Å². The van der Waals surface area contributed by atoms with E-state index < -0.39 is 12.4 Å². The topological polar surface area (TPSA) is 29.5 Å². The molecule has 0 atom stereocenters. The second-order valence-corrected chi connectivity index (χ2v) is 6.89. The lowest BCUT2D eigenvalue weighted by Crippen LogP contribution is -2.22. The molecule has 0 heterocycles. The summed E-state index contributed by atoms with van der Waals surface area (Å²) in [7, 11) is 0. The molecule has 3 heteroatoms. The quantitative estimate of drug-likeness (QED) is 0.730. The van der Waals surface area contributed by atoms with Crippen LogP contribution in [0.4, 0.5) is 4.39 Å². The number of fused-ring (bicyclic) bond motifs is 1. The van der Waals surface area contributed by atoms with E-state index in [4.69, 9.17) is 4.74 Å². The van der Waals surface area contributed by atoms with Gasteiger partial charge in [0.1, 0.15) is 11.6 Å². The van der Waals surface area contributed by atoms with Crippen LogP contribution in [0, 0.1) is 0 Å². The van der Waals surface area contributed by atoms with Crippen LogP contribution < -0.4 is 4.74 Å². The van der Waals surface area contributed by atoms with Gasteiger partial charge in [-0.25, -0.2) is 4.39 Å². The summed E-state index contributed by atoms with van der Waals surface area (Å²) < 4.78 is 20.1. The summed E-state index contributed by atoms with van der Waals surface area (Å²) in [5.74, 6) is 0.234. The van der Waals surface area contributed by atoms with Gasteiger partial charge in [0.2, 0.25) is 0 Å². The van der Waals surface area contributed by atoms with Gasteiger partial charge in [-0.15, -0.1) is 0 Å². The van der Waals surface area contributed by atoms with Gasteiger partial charge in [0.15, 0.2) is 0 Å². The van der Waals surface area contributed by atoms with Gasteiger partial charge in [-0.05, 0) is 66.0 Å². The molecule has 0 fully saturated rings. The standard InChI is InChI=1S/C21H29FO2/c1-6-14-9-10-21(4,5)18-12-20(24-8-3)17(11-16(14)18)15(7-2)19(22)13-23/h9,11-12,23H,6-8,10,13H2,1-5H3. The van der Waals surface area contributed by atoms with E-state index in [0.29, 0.717) is 24.4 Å². The van der Waals surface area contributed by atoms with Crippen LogP contribution in [0.5, 0.6) is 5.75 Å². The Morgan fingerprint density at radius 1 is 1.25 bits per heavy atom. The molecular formula is C21H29FO2. The Morgan fingerprint density at radius 3 is 2.50 bits per heavy atom. The lowest BCUT2D eigenvalue weighted by Gasteiger charge is -2.33. The first-order valence-corrected chi connectivity index (χ1v) is 8.89. The van der Waals surface area contributed by atoms with E-state index in [0.717, 1.165) is 18.4 Å². The van der Waals surface area contributed by atoms with E-state index in [-0.39, 0.29) is 5.41 Å². The summed E-state index contributed by atoms with van der Waals surface area (Å²) in [6.07, 6.45) is 4.75. The first-order valence-electron chi connectivity index (χ1n) is 8.89. The van der Waals surface area contributed by atoms with Gasteiger partial charge in [-0.3, -0.25) is 0 Å². The zero-order valence-corrected chi connectivity index (χ0v) is 15.5. The highest BCUT2D eigenvalue weighted by molar-refractivity contribution is 5.80. The number of hydrogen-bond donors (Lipinski definition) is 1. The Morgan fingerprint density at radius 2 is 1.96 bits per heavy atom. The number of rotatable bonds is 6. The van der Waals surface area contributed by atoms with Crippen molar-refractivity contribution in [2.75, 3.05) is 13.2 Å². The Bertz CT molecular complexity index is 669. The summed E-state index contributed by atoms with van der Waals surface area (Å²) in [6, 6.07) is 4.14. The van der Waals surface area contributed by atoms with Crippen molar-refractivity contribution in [2.24, 2.45) is 0 Å². The maximum atomic E-state index is 14.2. The summed E-state index contributed by atoms with van der Waals surface area (Å²) in [4.78, 5) is 0. The fraction of sp³-hybridized carbons (Fsp3) is 0.524. The number of halogens is 1. The smallest absolute Gasteiger partial charge is 0.129 e. The van der Waals surface area contributed by atoms with E-state index in [2.05, 4.69) is 39.0 Å². The SMILES string of the molecule is CCOc1cc2c(cc1C(CC)=C(F)CO)C(CC)=CCC2(C)C. The largest absolute Gasteiger partial charge is 0.493 e. The average molecular weight is 332 g/mol. The molecular weight excluding hydrogens is 303 g/mol. The van der Waals surface area contributed by atoms with Gasteiger partial charge in [-0.2, -0.15) is 0 Å². The molecule has 2 nitrogen and oxygen atoms in total. The second-order valence-electron chi connectivity index (χ2n) is 6.89. The molecule has 0 bridgehead atoms. The Hall–Kier alpha value is -1.61. The molecule has 1 N–H and O–H groups in total. The maximum Gasteiger partial charge on any atom is 0.129 e. The molecule has 0 unspecified atom stereocenters. The Labute approximate surface area is 145 Å². The highest BCUT2D eigenvalue weighted by Gasteiger charge is 2.30. The predicted octanol–water partition coefficient (Wildman–Crippen LogP) is 5.64. The van der Waals surface area contributed by atoms with E-state index in [9.17, 15) is 9.50 Å². The van der Waals surface area contributed by atoms with Crippen molar-refractivity contribution in [3.63, 3.8) is 0 Å². The van der Waals surface area contributed by atoms with Gasteiger partial charge in [0, 0.05) is 5.56 Å². The lowest BCUT2D eigenvalue weighted by molar-refractivity contribution is 0.298. The molecule has 0 amide bonds. The second kappa shape index (κ2) is 7.52. The number of allylic oxidation sites excluding steroid dienone is 3. The van der Waals surface area contributed by atoms with Gasteiger partial charge in [0.25, 0.3) is 0 Å². The predicted molar refractivity (Wildman–Crippen MR) is 98.9 cm³/mol. The van der Waals surface area contributed by atoms with Crippen molar-refractivity contribution < 1.29 is 14.2 Å². The number of hydrogen-bond acceptors (Lipinski definition) is 2. The number of benzene rings is 1. The summed E-state index contributed by atoms with van der Waals surface area (Å²) >= 11 is 0. The molecule has 1 aromatic rings. The van der Waals surface area contributed by atoms with Crippen LogP contribution in [0.1, 0.15) is 70.6 Å². The van der Waals surface area contributed by atoms with Crippen molar-refractivity contribution in [3.8, 4) is 5.75 Å². The van der Waals surface area contributed by atoms with Crippen LogP contribution in [0.15, 0.2) is 24.0 Å². The van der Waals surface area contributed by atoms with E-state index in [1.165, 1.54) is 16.7 Å². The number of ether oxygens (including phenoxy) is 1. The molecule has 132 valence electrons. The summed E-state index contributed by atoms with van der Waals surface area (Å²) in [5, 5.41) is 9.25. The van der Waals surface area contributed by atoms with Crippen molar-refractivity contribution in [2.45, 2.75) is 59.3 Å². The van der Waals surface area contributed by atoms with Crippen LogP contribution in [0.3, 0.4) is 0 Å². The normalized spacial score (nSPS) is 17.0. The molecule has 0 spiro atoms. The third kappa shape index (κ3) is 3.41. The highest BCUT2D eigenvalue weighted by atomic mass is 19.1. The van der Waals surface area contributed by atoms with E-state index >= 15 is 0 Å².